The third kappa shape index (κ3) is 4.87. The van der Waals surface area contributed by atoms with E-state index in [1.807, 2.05) is 0 Å². The average molecular weight is 280 g/mol. The van der Waals surface area contributed by atoms with Crippen molar-refractivity contribution >= 4 is 11.5 Å². The van der Waals surface area contributed by atoms with E-state index in [4.69, 9.17) is 10.5 Å². The van der Waals surface area contributed by atoms with Gasteiger partial charge in [-0.1, -0.05) is 27.7 Å². The van der Waals surface area contributed by atoms with E-state index < -0.39 is 0 Å². The summed E-state index contributed by atoms with van der Waals surface area (Å²) in [5.41, 5.74) is 6.63. The van der Waals surface area contributed by atoms with Gasteiger partial charge < -0.3 is 15.8 Å². The summed E-state index contributed by atoms with van der Waals surface area (Å²) >= 11 is 0. The van der Waals surface area contributed by atoms with Crippen LogP contribution in [0.1, 0.15) is 53.3 Å². The molecular formula is C15H28N4O. The van der Waals surface area contributed by atoms with E-state index in [1.165, 1.54) is 0 Å². The lowest BCUT2D eigenvalue weighted by atomic mass is 10.2. The second kappa shape index (κ2) is 7.92. The van der Waals surface area contributed by atoms with Gasteiger partial charge in [-0.3, -0.25) is 0 Å². The van der Waals surface area contributed by atoms with Gasteiger partial charge in [-0.05, 0) is 25.7 Å². The Hall–Kier alpha value is -1.52. The van der Waals surface area contributed by atoms with Crippen molar-refractivity contribution in [2.24, 2.45) is 5.92 Å². The Labute approximate surface area is 122 Å². The fourth-order valence-corrected chi connectivity index (χ4v) is 1.63. The van der Waals surface area contributed by atoms with Crippen molar-refractivity contribution in [3.63, 3.8) is 0 Å². The van der Waals surface area contributed by atoms with Crippen molar-refractivity contribution in [1.82, 2.24) is 9.97 Å². The van der Waals surface area contributed by atoms with Gasteiger partial charge in [0.25, 0.3) is 0 Å². The van der Waals surface area contributed by atoms with E-state index >= 15 is 0 Å². The Bertz CT molecular complexity index is 421. The molecule has 0 aliphatic heterocycles. The Kier molecular flexibility index (Phi) is 6.55. The highest BCUT2D eigenvalue weighted by Gasteiger charge is 2.14. The highest BCUT2D eigenvalue weighted by atomic mass is 16.5. The molecule has 0 saturated heterocycles. The van der Waals surface area contributed by atoms with E-state index in [9.17, 15) is 0 Å². The normalized spacial score (nSPS) is 12.5. The van der Waals surface area contributed by atoms with E-state index in [2.05, 4.69) is 49.9 Å². The van der Waals surface area contributed by atoms with Crippen LogP contribution in [0.3, 0.4) is 0 Å². The number of nitrogens with zero attached hydrogens (tertiary/aromatic N) is 2. The van der Waals surface area contributed by atoms with Gasteiger partial charge >= 0.3 is 0 Å². The van der Waals surface area contributed by atoms with Crippen molar-refractivity contribution in [2.45, 2.75) is 59.9 Å². The van der Waals surface area contributed by atoms with Crippen LogP contribution in [-0.4, -0.2) is 22.6 Å². The van der Waals surface area contributed by atoms with Crippen LogP contribution >= 0.6 is 0 Å². The molecule has 1 unspecified atom stereocenters. The number of hydrogen-bond acceptors (Lipinski definition) is 5. The van der Waals surface area contributed by atoms with Crippen molar-refractivity contribution in [1.29, 1.82) is 0 Å². The monoisotopic (exact) mass is 280 g/mol. The van der Waals surface area contributed by atoms with Crippen LogP contribution in [-0.2, 0) is 6.42 Å². The van der Waals surface area contributed by atoms with Gasteiger partial charge in [0, 0.05) is 12.5 Å². The van der Waals surface area contributed by atoms with Gasteiger partial charge in [0.2, 0.25) is 5.88 Å². The number of hydrogen-bond donors (Lipinski definition) is 2. The summed E-state index contributed by atoms with van der Waals surface area (Å²) < 4.78 is 5.72. The Morgan fingerprint density at radius 3 is 2.45 bits per heavy atom. The summed E-state index contributed by atoms with van der Waals surface area (Å²) in [4.78, 5) is 8.94. The molecule has 3 N–H and O–H groups in total. The first-order valence-corrected chi connectivity index (χ1v) is 7.53. The second-order valence-electron chi connectivity index (χ2n) is 5.62. The van der Waals surface area contributed by atoms with E-state index in [0.717, 1.165) is 25.1 Å². The molecular weight excluding hydrogens is 252 g/mol. The lowest BCUT2D eigenvalue weighted by molar-refractivity contribution is 0.262. The lowest BCUT2D eigenvalue weighted by Crippen LogP contribution is -2.18. The predicted molar refractivity (Wildman–Crippen MR) is 84.1 cm³/mol. The molecule has 1 aromatic rings. The molecule has 0 saturated carbocycles. The average Bonchev–Trinajstić information content (AvgIpc) is 2.40. The van der Waals surface area contributed by atoms with Crippen LogP contribution < -0.4 is 15.8 Å². The van der Waals surface area contributed by atoms with Gasteiger partial charge in [0.05, 0.1) is 6.61 Å². The standard InChI is InChI=1S/C15H28N4O/c1-6-8-12-18-14(17-11(5)7-2)13(16)15(19-12)20-9-10(3)4/h10-11H,6-9,16H2,1-5H3,(H,17,18,19). The maximum absolute atomic E-state index is 6.13. The first-order chi connectivity index (χ1) is 9.47. The number of aromatic nitrogens is 2. The highest BCUT2D eigenvalue weighted by molar-refractivity contribution is 5.67. The third-order valence-corrected chi connectivity index (χ3v) is 2.98. The summed E-state index contributed by atoms with van der Waals surface area (Å²) in [6.45, 7) is 11.1. The maximum atomic E-state index is 6.13. The summed E-state index contributed by atoms with van der Waals surface area (Å²) in [6, 6.07) is 0.319. The van der Waals surface area contributed by atoms with Crippen LogP contribution in [0.15, 0.2) is 0 Å². The molecule has 1 atom stereocenters. The van der Waals surface area contributed by atoms with Crippen molar-refractivity contribution < 1.29 is 4.74 Å². The molecule has 0 radical (unpaired) electrons. The summed E-state index contributed by atoms with van der Waals surface area (Å²) in [5.74, 6) is 2.41. The minimum Gasteiger partial charge on any atom is -0.476 e. The molecule has 0 fully saturated rings. The number of nitrogen functional groups attached to an aromatic ring is 1. The van der Waals surface area contributed by atoms with Crippen LogP contribution in [0.4, 0.5) is 11.5 Å². The number of nitrogens with two attached hydrogens (primary N) is 1. The SMILES string of the molecule is CCCc1nc(NC(C)CC)c(N)c(OCC(C)C)n1. The van der Waals surface area contributed by atoms with Gasteiger partial charge in [0.15, 0.2) is 5.82 Å². The minimum atomic E-state index is 0.319. The van der Waals surface area contributed by atoms with E-state index in [1.54, 1.807) is 0 Å². The number of nitrogens with one attached hydrogen (secondary N) is 1. The van der Waals surface area contributed by atoms with Gasteiger partial charge in [-0.25, -0.2) is 4.98 Å². The molecule has 0 amide bonds. The molecule has 1 aromatic heterocycles. The van der Waals surface area contributed by atoms with Crippen molar-refractivity contribution in [2.75, 3.05) is 17.7 Å². The largest absolute Gasteiger partial charge is 0.476 e. The maximum Gasteiger partial charge on any atom is 0.242 e. The van der Waals surface area contributed by atoms with Crippen LogP contribution in [0.5, 0.6) is 5.88 Å². The van der Waals surface area contributed by atoms with Crippen molar-refractivity contribution in [3.8, 4) is 5.88 Å². The molecule has 1 heterocycles. The van der Waals surface area contributed by atoms with Crippen LogP contribution in [0, 0.1) is 5.92 Å². The number of aryl methyl sites for hydroxylation is 1. The van der Waals surface area contributed by atoms with Crippen LogP contribution in [0.25, 0.3) is 0 Å². The van der Waals surface area contributed by atoms with Crippen molar-refractivity contribution in [3.05, 3.63) is 5.82 Å². The summed E-state index contributed by atoms with van der Waals surface area (Å²) in [5, 5.41) is 3.33. The summed E-state index contributed by atoms with van der Waals surface area (Å²) in [7, 11) is 0. The molecule has 0 spiro atoms. The Balaban J connectivity index is 3.01. The zero-order valence-corrected chi connectivity index (χ0v) is 13.4. The second-order valence-corrected chi connectivity index (χ2v) is 5.62. The Morgan fingerprint density at radius 1 is 1.20 bits per heavy atom. The first-order valence-electron chi connectivity index (χ1n) is 7.53. The fraction of sp³-hybridized carbons (Fsp3) is 0.733. The molecule has 0 bridgehead atoms. The molecule has 5 nitrogen and oxygen atoms in total. The topological polar surface area (TPSA) is 73.1 Å². The zero-order valence-electron chi connectivity index (χ0n) is 13.4. The molecule has 0 aliphatic rings. The van der Waals surface area contributed by atoms with Gasteiger partial charge in [-0.2, -0.15) is 4.98 Å². The minimum absolute atomic E-state index is 0.319. The smallest absolute Gasteiger partial charge is 0.242 e. The molecule has 0 aromatic carbocycles. The molecule has 5 heteroatoms. The zero-order chi connectivity index (χ0) is 15.1. The highest BCUT2D eigenvalue weighted by Crippen LogP contribution is 2.27. The quantitative estimate of drug-likeness (QED) is 0.764. The molecule has 114 valence electrons. The summed E-state index contributed by atoms with van der Waals surface area (Å²) in [6.07, 6.45) is 2.83. The van der Waals surface area contributed by atoms with Gasteiger partial charge in [0.1, 0.15) is 11.5 Å². The van der Waals surface area contributed by atoms with Crippen LogP contribution in [0.2, 0.25) is 0 Å². The fourth-order valence-electron chi connectivity index (χ4n) is 1.63. The number of rotatable bonds is 8. The van der Waals surface area contributed by atoms with E-state index in [0.29, 0.717) is 36.0 Å². The first kappa shape index (κ1) is 16.5. The lowest BCUT2D eigenvalue weighted by Gasteiger charge is -2.17. The predicted octanol–water partition coefficient (Wildman–Crippen LogP) is 3.26. The van der Waals surface area contributed by atoms with Gasteiger partial charge in [-0.15, -0.1) is 0 Å². The molecule has 1 rings (SSSR count). The number of ether oxygens (including phenoxy) is 1. The van der Waals surface area contributed by atoms with E-state index in [-0.39, 0.29) is 0 Å². The third-order valence-electron chi connectivity index (χ3n) is 2.98. The Morgan fingerprint density at radius 2 is 1.90 bits per heavy atom. The number of anilines is 2. The molecule has 0 aliphatic carbocycles. The molecule has 20 heavy (non-hydrogen) atoms.